The van der Waals surface area contributed by atoms with E-state index < -0.39 is 5.97 Å². The predicted octanol–water partition coefficient (Wildman–Crippen LogP) is 6.13. The van der Waals surface area contributed by atoms with Crippen LogP contribution in [0.4, 0.5) is 10.7 Å². The van der Waals surface area contributed by atoms with E-state index in [2.05, 4.69) is 36.6 Å². The molecule has 4 nitrogen and oxygen atoms in total. The van der Waals surface area contributed by atoms with Crippen LogP contribution in [0.3, 0.4) is 0 Å². The molecular weight excluding hydrogens is 388 g/mol. The van der Waals surface area contributed by atoms with E-state index >= 15 is 0 Å². The highest BCUT2D eigenvalue weighted by Crippen LogP contribution is 2.36. The summed E-state index contributed by atoms with van der Waals surface area (Å²) in [6, 6.07) is 19.9. The molecule has 28 heavy (non-hydrogen) atoms. The maximum Gasteiger partial charge on any atom is 0.340 e. The number of thiocarbonyl (C=S) groups is 1. The Labute approximate surface area is 174 Å². The zero-order valence-corrected chi connectivity index (χ0v) is 17.6. The SMILES string of the molecule is COC(=O)c1cc(-c2ccccc2)sc1NC(=S)Nc1ccc(C(C)C)cc1. The van der Waals surface area contributed by atoms with Crippen LogP contribution in [-0.2, 0) is 4.74 Å². The molecule has 6 heteroatoms. The molecule has 0 aliphatic carbocycles. The fourth-order valence-electron chi connectivity index (χ4n) is 2.71. The number of hydrogen-bond donors (Lipinski definition) is 2. The minimum Gasteiger partial charge on any atom is -0.465 e. The van der Waals surface area contributed by atoms with Gasteiger partial charge in [-0.25, -0.2) is 4.79 Å². The highest BCUT2D eigenvalue weighted by atomic mass is 32.1. The molecule has 2 N–H and O–H groups in total. The molecule has 0 spiro atoms. The van der Waals surface area contributed by atoms with Crippen molar-refractivity contribution in [2.75, 3.05) is 17.7 Å². The van der Waals surface area contributed by atoms with E-state index in [1.165, 1.54) is 24.0 Å². The summed E-state index contributed by atoms with van der Waals surface area (Å²) in [5.41, 5.74) is 3.66. The number of carbonyl (C=O) groups is 1. The van der Waals surface area contributed by atoms with E-state index in [1.807, 2.05) is 48.5 Å². The number of esters is 1. The zero-order chi connectivity index (χ0) is 20.1. The number of anilines is 2. The van der Waals surface area contributed by atoms with Crippen LogP contribution in [0.25, 0.3) is 10.4 Å². The first kappa shape index (κ1) is 20.0. The number of hydrogen-bond acceptors (Lipinski definition) is 4. The molecule has 144 valence electrons. The molecule has 0 atom stereocenters. The van der Waals surface area contributed by atoms with E-state index in [0.29, 0.717) is 21.6 Å². The molecular formula is C22H22N2O2S2. The fourth-order valence-corrected chi connectivity index (χ4v) is 4.05. The third-order valence-electron chi connectivity index (χ3n) is 4.26. The molecule has 0 bridgehead atoms. The number of nitrogens with one attached hydrogen (secondary N) is 2. The second-order valence-electron chi connectivity index (χ2n) is 6.57. The van der Waals surface area contributed by atoms with Gasteiger partial charge in [-0.2, -0.15) is 0 Å². The van der Waals surface area contributed by atoms with Gasteiger partial charge in [0.2, 0.25) is 0 Å². The van der Waals surface area contributed by atoms with Crippen LogP contribution in [0.5, 0.6) is 0 Å². The Morgan fingerprint density at radius 2 is 1.71 bits per heavy atom. The lowest BCUT2D eigenvalue weighted by Crippen LogP contribution is -2.19. The van der Waals surface area contributed by atoms with Crippen molar-refractivity contribution >= 4 is 45.3 Å². The lowest BCUT2D eigenvalue weighted by Gasteiger charge is -2.11. The molecule has 3 rings (SSSR count). The maximum absolute atomic E-state index is 12.2. The van der Waals surface area contributed by atoms with Crippen LogP contribution >= 0.6 is 23.6 Å². The molecule has 3 aromatic rings. The molecule has 0 unspecified atom stereocenters. The number of methoxy groups -OCH3 is 1. The van der Waals surface area contributed by atoms with Gasteiger partial charge in [0.25, 0.3) is 0 Å². The van der Waals surface area contributed by atoms with Gasteiger partial charge in [0.05, 0.1) is 12.7 Å². The van der Waals surface area contributed by atoms with Crippen LogP contribution in [0.15, 0.2) is 60.7 Å². The van der Waals surface area contributed by atoms with Gasteiger partial charge in [-0.1, -0.05) is 56.3 Å². The third-order valence-corrected chi connectivity index (χ3v) is 5.56. The van der Waals surface area contributed by atoms with E-state index in [-0.39, 0.29) is 0 Å². The van der Waals surface area contributed by atoms with Crippen LogP contribution in [0.2, 0.25) is 0 Å². The number of ether oxygens (including phenoxy) is 1. The Kier molecular flexibility index (Phi) is 6.44. The normalized spacial score (nSPS) is 10.6. The van der Waals surface area contributed by atoms with Crippen molar-refractivity contribution in [1.82, 2.24) is 0 Å². The number of carbonyl (C=O) groups excluding carboxylic acids is 1. The van der Waals surface area contributed by atoms with Gasteiger partial charge in [-0.3, -0.25) is 0 Å². The molecule has 0 saturated heterocycles. The van der Waals surface area contributed by atoms with Gasteiger partial charge in [0.15, 0.2) is 5.11 Å². The number of rotatable bonds is 5. The quantitative estimate of drug-likeness (QED) is 0.391. The molecule has 1 heterocycles. The van der Waals surface area contributed by atoms with Gasteiger partial charge in [-0.05, 0) is 47.5 Å². The predicted molar refractivity (Wildman–Crippen MR) is 121 cm³/mol. The van der Waals surface area contributed by atoms with Crippen LogP contribution in [0, 0.1) is 0 Å². The summed E-state index contributed by atoms with van der Waals surface area (Å²) in [6.45, 7) is 4.31. The molecule has 0 aliphatic heterocycles. The minimum absolute atomic E-state index is 0.398. The van der Waals surface area contributed by atoms with Crippen molar-refractivity contribution in [3.05, 3.63) is 71.8 Å². The van der Waals surface area contributed by atoms with Crippen LogP contribution < -0.4 is 10.6 Å². The third kappa shape index (κ3) is 4.77. The minimum atomic E-state index is -0.398. The first-order valence-electron chi connectivity index (χ1n) is 8.93. The van der Waals surface area contributed by atoms with Crippen LogP contribution in [0.1, 0.15) is 35.7 Å². The Hall–Kier alpha value is -2.70. The van der Waals surface area contributed by atoms with E-state index in [4.69, 9.17) is 17.0 Å². The van der Waals surface area contributed by atoms with Gasteiger partial charge in [-0.15, -0.1) is 11.3 Å². The lowest BCUT2D eigenvalue weighted by atomic mass is 10.0. The molecule has 0 fully saturated rings. The first-order chi connectivity index (χ1) is 13.5. The highest BCUT2D eigenvalue weighted by molar-refractivity contribution is 7.80. The largest absolute Gasteiger partial charge is 0.465 e. The topological polar surface area (TPSA) is 50.4 Å². The monoisotopic (exact) mass is 410 g/mol. The van der Waals surface area contributed by atoms with Gasteiger partial charge in [0, 0.05) is 10.6 Å². The van der Waals surface area contributed by atoms with Crippen molar-refractivity contribution in [3.8, 4) is 10.4 Å². The van der Waals surface area contributed by atoms with Gasteiger partial charge < -0.3 is 15.4 Å². The summed E-state index contributed by atoms with van der Waals surface area (Å²) in [5, 5.41) is 7.38. The molecule has 0 radical (unpaired) electrons. The summed E-state index contributed by atoms with van der Waals surface area (Å²) in [7, 11) is 1.37. The van der Waals surface area contributed by atoms with Gasteiger partial charge >= 0.3 is 5.97 Å². The highest BCUT2D eigenvalue weighted by Gasteiger charge is 2.18. The van der Waals surface area contributed by atoms with Crippen molar-refractivity contribution in [2.24, 2.45) is 0 Å². The van der Waals surface area contributed by atoms with Crippen LogP contribution in [-0.4, -0.2) is 18.2 Å². The Bertz CT molecular complexity index is 964. The molecule has 0 aliphatic rings. The first-order valence-corrected chi connectivity index (χ1v) is 10.2. The second kappa shape index (κ2) is 8.99. The zero-order valence-electron chi connectivity index (χ0n) is 16.0. The number of benzene rings is 2. The van der Waals surface area contributed by atoms with Crippen molar-refractivity contribution in [2.45, 2.75) is 19.8 Å². The summed E-state index contributed by atoms with van der Waals surface area (Å²) in [4.78, 5) is 13.2. The summed E-state index contributed by atoms with van der Waals surface area (Å²) in [6.07, 6.45) is 0. The van der Waals surface area contributed by atoms with E-state index in [9.17, 15) is 4.79 Å². The van der Waals surface area contributed by atoms with E-state index in [1.54, 1.807) is 0 Å². The summed E-state index contributed by atoms with van der Waals surface area (Å²) >= 11 is 6.91. The summed E-state index contributed by atoms with van der Waals surface area (Å²) in [5.74, 6) is 0.0780. The standard InChI is InChI=1S/C22H22N2O2S2/c1-14(2)15-9-11-17(12-10-15)23-22(27)24-20-18(21(25)26-3)13-19(28-20)16-7-5-4-6-8-16/h4-14H,1-3H3,(H2,23,24,27). The lowest BCUT2D eigenvalue weighted by molar-refractivity contribution is 0.0602. The number of thiophene rings is 1. The maximum atomic E-state index is 12.2. The second-order valence-corrected chi connectivity index (χ2v) is 8.03. The van der Waals surface area contributed by atoms with E-state index in [0.717, 1.165) is 16.1 Å². The van der Waals surface area contributed by atoms with Crippen molar-refractivity contribution < 1.29 is 9.53 Å². The molecule has 0 saturated carbocycles. The average Bonchev–Trinajstić information content (AvgIpc) is 3.12. The Balaban J connectivity index is 1.79. The molecule has 1 aromatic heterocycles. The smallest absolute Gasteiger partial charge is 0.340 e. The Morgan fingerprint density at radius 1 is 1.04 bits per heavy atom. The van der Waals surface area contributed by atoms with Crippen molar-refractivity contribution in [3.63, 3.8) is 0 Å². The Morgan fingerprint density at radius 3 is 2.32 bits per heavy atom. The van der Waals surface area contributed by atoms with Crippen molar-refractivity contribution in [1.29, 1.82) is 0 Å². The van der Waals surface area contributed by atoms with Gasteiger partial charge in [0.1, 0.15) is 5.00 Å². The average molecular weight is 411 g/mol. The molecule has 0 amide bonds. The fraction of sp³-hybridized carbons (Fsp3) is 0.182. The molecule has 2 aromatic carbocycles. The summed E-state index contributed by atoms with van der Waals surface area (Å²) < 4.78 is 4.93.